The summed E-state index contributed by atoms with van der Waals surface area (Å²) >= 11 is 0. The normalized spacial score (nSPS) is 20.3. The van der Waals surface area contributed by atoms with Gasteiger partial charge in [0, 0.05) is 20.1 Å². The van der Waals surface area contributed by atoms with Crippen LogP contribution in [0.1, 0.15) is 11.1 Å². The highest BCUT2D eigenvalue weighted by Crippen LogP contribution is 2.41. The largest absolute Gasteiger partial charge is 0.497 e. The van der Waals surface area contributed by atoms with Gasteiger partial charge in [0.2, 0.25) is 0 Å². The number of likely N-dealkylation sites (N-methyl/N-ethyl adjacent to an activating group) is 1. The lowest BCUT2D eigenvalue weighted by Gasteiger charge is -2.28. The highest BCUT2D eigenvalue weighted by molar-refractivity contribution is 7.84. The zero-order valence-electron chi connectivity index (χ0n) is 21.0. The molecule has 3 aromatic carbocycles. The molecule has 198 valence electrons. The first-order chi connectivity index (χ1) is 18.2. The van der Waals surface area contributed by atoms with Crippen molar-refractivity contribution < 1.29 is 26.9 Å². The summed E-state index contributed by atoms with van der Waals surface area (Å²) in [5, 5.41) is 0. The van der Waals surface area contributed by atoms with Crippen LogP contribution in [-0.2, 0) is 25.4 Å². The van der Waals surface area contributed by atoms with E-state index in [0.717, 1.165) is 11.1 Å². The van der Waals surface area contributed by atoms with Crippen LogP contribution in [0.3, 0.4) is 0 Å². The molecular formula is C27H28N4O6S. The minimum atomic E-state index is -4.06. The summed E-state index contributed by atoms with van der Waals surface area (Å²) in [4.78, 5) is 19.7. The van der Waals surface area contributed by atoms with Crippen molar-refractivity contribution in [2.75, 3.05) is 40.5 Å². The van der Waals surface area contributed by atoms with Crippen LogP contribution in [0.25, 0.3) is 11.1 Å². The molecule has 0 bridgehead atoms. The Hall–Kier alpha value is -3.93. The Bertz CT molecular complexity index is 1500. The van der Waals surface area contributed by atoms with Gasteiger partial charge in [0.1, 0.15) is 11.5 Å². The highest BCUT2D eigenvalue weighted by Gasteiger charge is 2.49. The number of hydrogen-bond donors (Lipinski definition) is 1. The first kappa shape index (κ1) is 25.7. The smallest absolute Gasteiger partial charge is 0.385 e. The second kappa shape index (κ2) is 10.1. The van der Waals surface area contributed by atoms with Gasteiger partial charge in [0.25, 0.3) is 5.91 Å². The number of benzene rings is 3. The molecule has 2 heterocycles. The molecule has 3 aromatic rings. The Kier molecular flexibility index (Phi) is 6.82. The number of carbonyl (C=O) groups excluding carboxylic acids is 1. The van der Waals surface area contributed by atoms with Crippen molar-refractivity contribution >= 4 is 22.2 Å². The Morgan fingerprint density at radius 2 is 1.53 bits per heavy atom. The van der Waals surface area contributed by atoms with Crippen LogP contribution in [0.5, 0.6) is 11.5 Å². The summed E-state index contributed by atoms with van der Waals surface area (Å²) in [6.45, 7) is 0.995. The highest BCUT2D eigenvalue weighted by atomic mass is 32.2. The third-order valence-corrected chi connectivity index (χ3v) is 8.06. The fraction of sp³-hybridized carbons (Fsp3) is 0.259. The summed E-state index contributed by atoms with van der Waals surface area (Å²) in [7, 11) is -0.906. The SMILES string of the molecule is COc1cccc(-c2cccc(C3(c4cccc(OS(=O)(=O)N5CCOCC5)c4)N=C(N)N(C)C3=O)c2)c1. The minimum absolute atomic E-state index is 0.0500. The maximum absolute atomic E-state index is 13.8. The van der Waals surface area contributed by atoms with E-state index in [-0.39, 0.29) is 30.7 Å². The number of ether oxygens (including phenoxy) is 2. The molecule has 0 aromatic heterocycles. The van der Waals surface area contributed by atoms with Gasteiger partial charge in [-0.3, -0.25) is 9.69 Å². The van der Waals surface area contributed by atoms with E-state index < -0.39 is 15.8 Å². The van der Waals surface area contributed by atoms with Crippen LogP contribution < -0.4 is 14.7 Å². The molecule has 2 N–H and O–H groups in total. The summed E-state index contributed by atoms with van der Waals surface area (Å²) in [6.07, 6.45) is 0. The van der Waals surface area contributed by atoms with E-state index in [1.165, 1.54) is 21.3 Å². The van der Waals surface area contributed by atoms with Crippen molar-refractivity contribution in [1.29, 1.82) is 0 Å². The van der Waals surface area contributed by atoms with Crippen LogP contribution in [0, 0.1) is 0 Å². The van der Waals surface area contributed by atoms with Gasteiger partial charge in [0.05, 0.1) is 20.3 Å². The number of aliphatic imine (C=N–C) groups is 1. The van der Waals surface area contributed by atoms with Crippen molar-refractivity contribution in [3.05, 3.63) is 83.9 Å². The molecule has 0 saturated carbocycles. The lowest BCUT2D eigenvalue weighted by atomic mass is 9.81. The summed E-state index contributed by atoms with van der Waals surface area (Å²) in [6, 6.07) is 21.4. The third-order valence-electron chi connectivity index (χ3n) is 6.66. The fourth-order valence-corrected chi connectivity index (χ4v) is 5.68. The molecule has 0 radical (unpaired) electrons. The van der Waals surface area contributed by atoms with Crippen molar-refractivity contribution in [2.24, 2.45) is 10.7 Å². The molecule has 2 aliphatic rings. The van der Waals surface area contributed by atoms with Gasteiger partial charge in [0.15, 0.2) is 11.5 Å². The van der Waals surface area contributed by atoms with Crippen LogP contribution in [0.15, 0.2) is 77.8 Å². The molecule has 11 heteroatoms. The molecule has 10 nitrogen and oxygen atoms in total. The molecule has 5 rings (SSSR count). The molecule has 0 aliphatic carbocycles. The predicted octanol–water partition coefficient (Wildman–Crippen LogP) is 2.35. The van der Waals surface area contributed by atoms with Crippen molar-refractivity contribution in [2.45, 2.75) is 5.54 Å². The number of hydrogen-bond acceptors (Lipinski definition) is 8. The molecule has 1 saturated heterocycles. The number of rotatable bonds is 7. The van der Waals surface area contributed by atoms with Gasteiger partial charge < -0.3 is 19.4 Å². The van der Waals surface area contributed by atoms with Crippen LogP contribution >= 0.6 is 0 Å². The number of carbonyl (C=O) groups is 1. The maximum Gasteiger partial charge on any atom is 0.385 e. The number of methoxy groups -OCH3 is 1. The number of nitrogens with two attached hydrogens (primary N) is 1. The average Bonchev–Trinajstić information content (AvgIpc) is 3.18. The third kappa shape index (κ3) is 4.60. The topological polar surface area (TPSA) is 124 Å². The number of morpholine rings is 1. The lowest BCUT2D eigenvalue weighted by Crippen LogP contribution is -2.43. The van der Waals surface area contributed by atoms with Gasteiger partial charge in [-0.25, -0.2) is 4.99 Å². The monoisotopic (exact) mass is 536 g/mol. The second-order valence-electron chi connectivity index (χ2n) is 8.94. The van der Waals surface area contributed by atoms with E-state index in [1.54, 1.807) is 32.4 Å². The van der Waals surface area contributed by atoms with E-state index in [1.807, 2.05) is 42.5 Å². The molecule has 0 spiro atoms. The molecule has 1 fully saturated rings. The Labute approximate surface area is 221 Å². The van der Waals surface area contributed by atoms with Gasteiger partial charge >= 0.3 is 10.3 Å². The lowest BCUT2D eigenvalue weighted by molar-refractivity contribution is -0.129. The van der Waals surface area contributed by atoms with E-state index >= 15 is 0 Å². The van der Waals surface area contributed by atoms with Gasteiger partial charge in [-0.15, -0.1) is 0 Å². The minimum Gasteiger partial charge on any atom is -0.497 e. The van der Waals surface area contributed by atoms with Gasteiger partial charge in [-0.2, -0.15) is 12.7 Å². The summed E-state index contributed by atoms with van der Waals surface area (Å²) < 4.78 is 43.0. The van der Waals surface area contributed by atoms with E-state index in [4.69, 9.17) is 19.4 Å². The van der Waals surface area contributed by atoms with E-state index in [9.17, 15) is 13.2 Å². The Morgan fingerprint density at radius 1 is 0.921 bits per heavy atom. The van der Waals surface area contributed by atoms with Crippen LogP contribution in [-0.4, -0.2) is 70.0 Å². The Morgan fingerprint density at radius 3 is 2.18 bits per heavy atom. The molecule has 38 heavy (non-hydrogen) atoms. The first-order valence-corrected chi connectivity index (χ1v) is 13.4. The maximum atomic E-state index is 13.8. The Balaban J connectivity index is 1.59. The number of nitrogens with zero attached hydrogens (tertiary/aromatic N) is 3. The van der Waals surface area contributed by atoms with Gasteiger partial charge in [-0.05, 0) is 52.6 Å². The number of amides is 1. The summed E-state index contributed by atoms with van der Waals surface area (Å²) in [5.74, 6) is 0.446. The van der Waals surface area contributed by atoms with Crippen molar-refractivity contribution in [1.82, 2.24) is 9.21 Å². The quantitative estimate of drug-likeness (QED) is 0.492. The second-order valence-corrected chi connectivity index (χ2v) is 10.5. The molecule has 1 amide bonds. The first-order valence-electron chi connectivity index (χ1n) is 12.0. The van der Waals surface area contributed by atoms with Crippen molar-refractivity contribution in [3.8, 4) is 22.6 Å². The van der Waals surface area contributed by atoms with Crippen LogP contribution in [0.4, 0.5) is 0 Å². The van der Waals surface area contributed by atoms with E-state index in [2.05, 4.69) is 4.99 Å². The zero-order chi connectivity index (χ0) is 26.9. The molecular weight excluding hydrogens is 508 g/mol. The molecule has 1 atom stereocenters. The number of guanidine groups is 1. The standard InChI is InChI=1S/C27H28N4O6S/c1-30-25(32)27(29-26(30)28,21-8-3-6-19(16-21)20-7-4-10-23(17-20)35-2)22-9-5-11-24(18-22)37-38(33,34)31-12-14-36-15-13-31/h3-11,16-18H,12-15H2,1-2H3,(H2,28,29). The predicted molar refractivity (Wildman–Crippen MR) is 142 cm³/mol. The summed E-state index contributed by atoms with van der Waals surface area (Å²) in [5.41, 5.74) is 7.34. The fourth-order valence-electron chi connectivity index (χ4n) is 4.63. The van der Waals surface area contributed by atoms with Crippen LogP contribution in [0.2, 0.25) is 0 Å². The van der Waals surface area contributed by atoms with E-state index in [0.29, 0.717) is 30.1 Å². The molecule has 2 aliphatic heterocycles. The van der Waals surface area contributed by atoms with Crippen molar-refractivity contribution in [3.63, 3.8) is 0 Å². The van der Waals surface area contributed by atoms with Gasteiger partial charge in [-0.1, -0.05) is 42.5 Å². The zero-order valence-corrected chi connectivity index (χ0v) is 21.8. The molecule has 1 unspecified atom stereocenters. The average molecular weight is 537 g/mol.